The maximum Gasteiger partial charge on any atom is 0.246 e. The topological polar surface area (TPSA) is 111 Å². The number of carbonyl (C=O) groups is 4. The summed E-state index contributed by atoms with van der Waals surface area (Å²) in [5.41, 5.74) is 0.543. The van der Waals surface area contributed by atoms with Gasteiger partial charge in [-0.05, 0) is 38.2 Å². The van der Waals surface area contributed by atoms with Crippen molar-refractivity contribution in [3.05, 3.63) is 12.2 Å². The highest BCUT2D eigenvalue weighted by Crippen LogP contribution is 2.17. The molecule has 0 saturated heterocycles. The zero-order valence-electron chi connectivity index (χ0n) is 19.0. The van der Waals surface area contributed by atoms with Gasteiger partial charge in [0.1, 0.15) is 6.61 Å². The Labute approximate surface area is 180 Å². The summed E-state index contributed by atoms with van der Waals surface area (Å²) in [7, 11) is 1.55. The lowest BCUT2D eigenvalue weighted by molar-refractivity contribution is -0.133. The SMILES string of the molecule is C=C(C)C(=O)CCCOCCOCC(=O)NC(C)C(=O)CC(CC(C)C)C(=O)NC. The van der Waals surface area contributed by atoms with E-state index < -0.39 is 17.9 Å². The van der Waals surface area contributed by atoms with Crippen LogP contribution in [-0.4, -0.2) is 62.9 Å². The Morgan fingerprint density at radius 1 is 1.00 bits per heavy atom. The monoisotopic (exact) mass is 426 g/mol. The zero-order valence-corrected chi connectivity index (χ0v) is 19.0. The fourth-order valence-corrected chi connectivity index (χ4v) is 2.77. The van der Waals surface area contributed by atoms with Crippen LogP contribution in [0.15, 0.2) is 12.2 Å². The van der Waals surface area contributed by atoms with E-state index in [2.05, 4.69) is 17.2 Å². The van der Waals surface area contributed by atoms with Crippen LogP contribution in [0.5, 0.6) is 0 Å². The van der Waals surface area contributed by atoms with E-state index in [9.17, 15) is 19.2 Å². The molecule has 0 fully saturated rings. The smallest absolute Gasteiger partial charge is 0.246 e. The minimum absolute atomic E-state index is 0.0287. The molecular weight excluding hydrogens is 388 g/mol. The molecule has 0 bridgehead atoms. The van der Waals surface area contributed by atoms with E-state index in [-0.39, 0.29) is 43.0 Å². The number of nitrogens with one attached hydrogen (secondary N) is 2. The maximum absolute atomic E-state index is 12.4. The molecule has 0 heterocycles. The van der Waals surface area contributed by atoms with Gasteiger partial charge in [0.15, 0.2) is 11.6 Å². The second kappa shape index (κ2) is 15.7. The highest BCUT2D eigenvalue weighted by molar-refractivity contribution is 5.94. The van der Waals surface area contributed by atoms with Crippen molar-refractivity contribution in [2.45, 2.75) is 59.4 Å². The first-order valence-electron chi connectivity index (χ1n) is 10.5. The van der Waals surface area contributed by atoms with Crippen LogP contribution in [0.4, 0.5) is 0 Å². The van der Waals surface area contributed by atoms with E-state index >= 15 is 0 Å². The normalized spacial score (nSPS) is 12.9. The van der Waals surface area contributed by atoms with Gasteiger partial charge in [0.05, 0.1) is 19.3 Å². The van der Waals surface area contributed by atoms with Crippen molar-refractivity contribution in [3.8, 4) is 0 Å². The largest absolute Gasteiger partial charge is 0.379 e. The molecule has 30 heavy (non-hydrogen) atoms. The molecule has 0 aromatic heterocycles. The number of Topliss-reactive ketones (excluding diaryl/α,β-unsaturated/α-hetero) is 2. The third-order valence-corrected chi connectivity index (χ3v) is 4.45. The number of amides is 2. The molecule has 2 N–H and O–H groups in total. The summed E-state index contributed by atoms with van der Waals surface area (Å²) in [6, 6.07) is -0.692. The molecule has 2 amide bonds. The van der Waals surface area contributed by atoms with Gasteiger partial charge < -0.3 is 20.1 Å². The lowest BCUT2D eigenvalue weighted by Crippen LogP contribution is -2.42. The number of ketones is 2. The van der Waals surface area contributed by atoms with Crippen molar-refractivity contribution >= 4 is 23.4 Å². The van der Waals surface area contributed by atoms with E-state index in [0.29, 0.717) is 38.0 Å². The van der Waals surface area contributed by atoms with Gasteiger partial charge in [-0.3, -0.25) is 19.2 Å². The molecule has 0 aliphatic rings. The second-order valence-corrected chi connectivity index (χ2v) is 7.87. The van der Waals surface area contributed by atoms with Gasteiger partial charge in [0.25, 0.3) is 0 Å². The quantitative estimate of drug-likeness (QED) is 0.271. The molecule has 0 spiro atoms. The molecule has 0 radical (unpaired) electrons. The first-order chi connectivity index (χ1) is 14.1. The van der Waals surface area contributed by atoms with Crippen molar-refractivity contribution in [3.63, 3.8) is 0 Å². The summed E-state index contributed by atoms with van der Waals surface area (Å²) >= 11 is 0. The number of rotatable bonds is 17. The van der Waals surface area contributed by atoms with Crippen LogP contribution in [0, 0.1) is 11.8 Å². The van der Waals surface area contributed by atoms with Crippen LogP contribution < -0.4 is 10.6 Å². The van der Waals surface area contributed by atoms with Crippen molar-refractivity contribution in [2.24, 2.45) is 11.8 Å². The fraction of sp³-hybridized carbons (Fsp3) is 0.727. The van der Waals surface area contributed by atoms with Gasteiger partial charge in [-0.15, -0.1) is 0 Å². The first-order valence-corrected chi connectivity index (χ1v) is 10.5. The lowest BCUT2D eigenvalue weighted by atomic mass is 9.90. The number of ether oxygens (including phenoxy) is 2. The summed E-state index contributed by atoms with van der Waals surface area (Å²) in [5, 5.41) is 5.19. The Bertz CT molecular complexity index is 588. The molecule has 172 valence electrons. The Kier molecular flexibility index (Phi) is 14.7. The average molecular weight is 427 g/mol. The standard InChI is InChI=1S/C22H38N2O6/c1-15(2)12-18(22(28)23-6)13-20(26)17(5)24-21(27)14-30-11-10-29-9-7-8-19(25)16(3)4/h15,17-18H,3,7-14H2,1-2,4-6H3,(H,23,28)(H,24,27). The minimum atomic E-state index is -0.692. The summed E-state index contributed by atoms with van der Waals surface area (Å²) in [5.74, 6) is -0.842. The van der Waals surface area contributed by atoms with Gasteiger partial charge in [0, 0.05) is 32.4 Å². The lowest BCUT2D eigenvalue weighted by Gasteiger charge is -2.19. The van der Waals surface area contributed by atoms with Crippen molar-refractivity contribution < 1.29 is 28.7 Å². The Hall–Kier alpha value is -2.06. The number of carbonyl (C=O) groups excluding carboxylic acids is 4. The second-order valence-electron chi connectivity index (χ2n) is 7.87. The highest BCUT2D eigenvalue weighted by atomic mass is 16.5. The third kappa shape index (κ3) is 13.2. The summed E-state index contributed by atoms with van der Waals surface area (Å²) < 4.78 is 10.6. The van der Waals surface area contributed by atoms with Gasteiger partial charge in [-0.1, -0.05) is 20.4 Å². The predicted octanol–water partition coefficient (Wildman–Crippen LogP) is 1.82. The van der Waals surface area contributed by atoms with E-state index in [1.165, 1.54) is 0 Å². The van der Waals surface area contributed by atoms with E-state index in [4.69, 9.17) is 9.47 Å². The van der Waals surface area contributed by atoms with Crippen LogP contribution in [0.2, 0.25) is 0 Å². The molecule has 8 nitrogen and oxygen atoms in total. The van der Waals surface area contributed by atoms with E-state index in [0.717, 1.165) is 0 Å². The van der Waals surface area contributed by atoms with Gasteiger partial charge >= 0.3 is 0 Å². The van der Waals surface area contributed by atoms with Gasteiger partial charge in [-0.25, -0.2) is 0 Å². The number of hydrogen-bond donors (Lipinski definition) is 2. The molecule has 0 aliphatic heterocycles. The Morgan fingerprint density at radius 2 is 1.63 bits per heavy atom. The summed E-state index contributed by atoms with van der Waals surface area (Å²) in [4.78, 5) is 47.6. The molecule has 0 saturated carbocycles. The van der Waals surface area contributed by atoms with Crippen molar-refractivity contribution in [1.29, 1.82) is 0 Å². The Morgan fingerprint density at radius 3 is 2.20 bits per heavy atom. The summed E-state index contributed by atoms with van der Waals surface area (Å²) in [6.07, 6.45) is 1.71. The fourth-order valence-electron chi connectivity index (χ4n) is 2.77. The number of allylic oxidation sites excluding steroid dienone is 1. The maximum atomic E-state index is 12.4. The molecule has 0 aliphatic carbocycles. The molecule has 0 aromatic rings. The van der Waals surface area contributed by atoms with Crippen LogP contribution in [0.3, 0.4) is 0 Å². The Balaban J connectivity index is 4.04. The van der Waals surface area contributed by atoms with Crippen molar-refractivity contribution in [1.82, 2.24) is 10.6 Å². The summed E-state index contributed by atoms with van der Waals surface area (Å²) in [6.45, 7) is 11.7. The molecule has 0 aromatic carbocycles. The molecule has 2 unspecified atom stereocenters. The molecule has 2 atom stereocenters. The van der Waals surface area contributed by atoms with E-state index in [1.54, 1.807) is 20.9 Å². The number of hydrogen-bond acceptors (Lipinski definition) is 6. The highest BCUT2D eigenvalue weighted by Gasteiger charge is 2.25. The third-order valence-electron chi connectivity index (χ3n) is 4.45. The zero-order chi connectivity index (χ0) is 23.1. The minimum Gasteiger partial charge on any atom is -0.379 e. The van der Waals surface area contributed by atoms with E-state index in [1.807, 2.05) is 13.8 Å². The molecule has 0 rings (SSSR count). The average Bonchev–Trinajstić information content (AvgIpc) is 2.67. The van der Waals surface area contributed by atoms with Crippen molar-refractivity contribution in [2.75, 3.05) is 33.5 Å². The van der Waals surface area contributed by atoms with Crippen LogP contribution in [-0.2, 0) is 28.7 Å². The predicted molar refractivity (Wildman–Crippen MR) is 115 cm³/mol. The van der Waals surface area contributed by atoms with Crippen LogP contribution in [0.1, 0.15) is 53.4 Å². The van der Waals surface area contributed by atoms with Gasteiger partial charge in [0.2, 0.25) is 11.8 Å². The van der Waals surface area contributed by atoms with Crippen LogP contribution in [0.25, 0.3) is 0 Å². The molecule has 8 heteroatoms. The van der Waals surface area contributed by atoms with Gasteiger partial charge in [-0.2, -0.15) is 0 Å². The van der Waals surface area contributed by atoms with Crippen LogP contribution >= 0.6 is 0 Å². The molecular formula is C22H38N2O6. The first kappa shape index (κ1) is 27.9.